The minimum atomic E-state index is 0.193. The van der Waals surface area contributed by atoms with Crippen molar-refractivity contribution in [2.75, 3.05) is 7.11 Å². The number of ketones is 1. The van der Waals surface area contributed by atoms with Crippen molar-refractivity contribution in [1.29, 1.82) is 0 Å². The summed E-state index contributed by atoms with van der Waals surface area (Å²) in [5, 5.41) is 0. The van der Waals surface area contributed by atoms with E-state index in [-0.39, 0.29) is 5.92 Å². The first-order chi connectivity index (χ1) is 8.11. The average molecular weight is 297 g/mol. The van der Waals surface area contributed by atoms with E-state index >= 15 is 0 Å². The average Bonchev–Trinajstić information content (AvgIpc) is 2.61. The van der Waals surface area contributed by atoms with Crippen molar-refractivity contribution in [3.05, 3.63) is 28.2 Å². The van der Waals surface area contributed by atoms with Crippen molar-refractivity contribution in [3.63, 3.8) is 0 Å². The number of hydrogen-bond donors (Lipinski definition) is 0. The zero-order valence-electron chi connectivity index (χ0n) is 10.2. The van der Waals surface area contributed by atoms with E-state index in [1.165, 1.54) is 5.56 Å². The molecule has 0 spiro atoms. The molecule has 0 amide bonds. The minimum Gasteiger partial charge on any atom is -0.496 e. The molecule has 2 rings (SSSR count). The third-order valence-electron chi connectivity index (χ3n) is 3.70. The molecular weight excluding hydrogens is 280 g/mol. The van der Waals surface area contributed by atoms with Gasteiger partial charge in [0.2, 0.25) is 0 Å². The molecule has 92 valence electrons. The molecule has 17 heavy (non-hydrogen) atoms. The highest BCUT2D eigenvalue weighted by molar-refractivity contribution is 9.10. The van der Waals surface area contributed by atoms with Crippen LogP contribution >= 0.6 is 15.9 Å². The van der Waals surface area contributed by atoms with Crippen LogP contribution < -0.4 is 4.74 Å². The summed E-state index contributed by atoms with van der Waals surface area (Å²) < 4.78 is 6.43. The van der Waals surface area contributed by atoms with Gasteiger partial charge in [-0.05, 0) is 42.5 Å². The van der Waals surface area contributed by atoms with Gasteiger partial charge in [0, 0.05) is 16.8 Å². The predicted octanol–water partition coefficient (Wildman–Crippen LogP) is 3.62. The van der Waals surface area contributed by atoms with E-state index in [1.807, 2.05) is 19.1 Å². The lowest BCUT2D eigenvalue weighted by Crippen LogP contribution is -2.13. The highest BCUT2D eigenvalue weighted by atomic mass is 79.9. The molecule has 0 aliphatic heterocycles. The van der Waals surface area contributed by atoms with Gasteiger partial charge in [0.15, 0.2) is 0 Å². The second kappa shape index (κ2) is 5.21. The number of hydrogen-bond acceptors (Lipinski definition) is 2. The number of benzene rings is 1. The van der Waals surface area contributed by atoms with Gasteiger partial charge in [-0.1, -0.05) is 22.9 Å². The second-order valence-electron chi connectivity index (χ2n) is 4.71. The van der Waals surface area contributed by atoms with Crippen LogP contribution in [0, 0.1) is 11.8 Å². The SMILES string of the molecule is COc1ccc(Br)cc1CC1CCC(=O)C1C. The van der Waals surface area contributed by atoms with Crippen molar-refractivity contribution in [2.45, 2.75) is 26.2 Å². The molecule has 0 N–H and O–H groups in total. The van der Waals surface area contributed by atoms with Crippen LogP contribution in [-0.4, -0.2) is 12.9 Å². The van der Waals surface area contributed by atoms with Gasteiger partial charge in [0.25, 0.3) is 0 Å². The number of ether oxygens (including phenoxy) is 1. The van der Waals surface area contributed by atoms with Crippen LogP contribution in [0.5, 0.6) is 5.75 Å². The second-order valence-corrected chi connectivity index (χ2v) is 5.63. The van der Waals surface area contributed by atoms with Crippen LogP contribution in [0.1, 0.15) is 25.3 Å². The summed E-state index contributed by atoms with van der Waals surface area (Å²) in [5.41, 5.74) is 1.19. The lowest BCUT2D eigenvalue weighted by Gasteiger charge is -2.16. The standard InChI is InChI=1S/C14H17BrO2/c1-9-10(3-5-13(9)16)7-11-8-12(15)4-6-14(11)17-2/h4,6,8-10H,3,5,7H2,1-2H3. The normalized spacial score (nSPS) is 24.1. The first-order valence-electron chi connectivity index (χ1n) is 5.97. The highest BCUT2D eigenvalue weighted by Gasteiger charge is 2.31. The largest absolute Gasteiger partial charge is 0.496 e. The summed E-state index contributed by atoms with van der Waals surface area (Å²) in [6.45, 7) is 2.05. The van der Waals surface area contributed by atoms with E-state index < -0.39 is 0 Å². The van der Waals surface area contributed by atoms with Crippen molar-refractivity contribution in [3.8, 4) is 5.75 Å². The Labute approximate surface area is 110 Å². The Morgan fingerprint density at radius 2 is 2.24 bits per heavy atom. The molecule has 3 heteroatoms. The van der Waals surface area contributed by atoms with Gasteiger partial charge in [-0.3, -0.25) is 4.79 Å². The van der Waals surface area contributed by atoms with Crippen LogP contribution in [0.4, 0.5) is 0 Å². The first-order valence-corrected chi connectivity index (χ1v) is 6.76. The fourth-order valence-electron chi connectivity index (χ4n) is 2.54. The first kappa shape index (κ1) is 12.6. The van der Waals surface area contributed by atoms with Crippen molar-refractivity contribution < 1.29 is 9.53 Å². The topological polar surface area (TPSA) is 26.3 Å². The smallest absolute Gasteiger partial charge is 0.135 e. The maximum atomic E-state index is 11.6. The molecule has 1 aliphatic carbocycles. The molecule has 0 saturated heterocycles. The Kier molecular flexibility index (Phi) is 3.87. The molecule has 0 bridgehead atoms. The molecule has 1 aromatic carbocycles. The predicted molar refractivity (Wildman–Crippen MR) is 71.3 cm³/mol. The van der Waals surface area contributed by atoms with Gasteiger partial charge in [0.1, 0.15) is 11.5 Å². The number of Topliss-reactive ketones (excluding diaryl/α,β-unsaturated/α-hetero) is 1. The number of methoxy groups -OCH3 is 1. The Balaban J connectivity index is 2.18. The van der Waals surface area contributed by atoms with E-state index in [1.54, 1.807) is 7.11 Å². The van der Waals surface area contributed by atoms with Gasteiger partial charge < -0.3 is 4.74 Å². The lowest BCUT2D eigenvalue weighted by atomic mass is 9.90. The molecular formula is C14H17BrO2. The highest BCUT2D eigenvalue weighted by Crippen LogP contribution is 2.34. The van der Waals surface area contributed by atoms with Gasteiger partial charge in [-0.25, -0.2) is 0 Å². The van der Waals surface area contributed by atoms with Gasteiger partial charge >= 0.3 is 0 Å². The maximum Gasteiger partial charge on any atom is 0.135 e. The summed E-state index contributed by atoms with van der Waals surface area (Å²) in [5.74, 6) is 1.98. The van der Waals surface area contributed by atoms with Gasteiger partial charge in [-0.15, -0.1) is 0 Å². The van der Waals surface area contributed by atoms with Crippen LogP contribution in [-0.2, 0) is 11.2 Å². The summed E-state index contributed by atoms with van der Waals surface area (Å²) >= 11 is 3.48. The number of halogens is 1. The Bertz CT molecular complexity index is 428. The van der Waals surface area contributed by atoms with Crippen LogP contribution in [0.15, 0.2) is 22.7 Å². The van der Waals surface area contributed by atoms with Crippen molar-refractivity contribution in [2.24, 2.45) is 11.8 Å². The Morgan fingerprint density at radius 1 is 1.47 bits per heavy atom. The van der Waals surface area contributed by atoms with Gasteiger partial charge in [0.05, 0.1) is 7.11 Å². The summed E-state index contributed by atoms with van der Waals surface area (Å²) in [6, 6.07) is 6.04. The van der Waals surface area contributed by atoms with E-state index in [9.17, 15) is 4.79 Å². The summed E-state index contributed by atoms with van der Waals surface area (Å²) in [4.78, 5) is 11.6. The van der Waals surface area contributed by atoms with E-state index in [4.69, 9.17) is 4.74 Å². The number of rotatable bonds is 3. The molecule has 2 nitrogen and oxygen atoms in total. The Hall–Kier alpha value is -0.830. The van der Waals surface area contributed by atoms with Gasteiger partial charge in [-0.2, -0.15) is 0 Å². The van der Waals surface area contributed by atoms with Crippen LogP contribution in [0.3, 0.4) is 0 Å². The van der Waals surface area contributed by atoms with E-state index in [0.29, 0.717) is 11.7 Å². The molecule has 0 aromatic heterocycles. The van der Waals surface area contributed by atoms with Crippen molar-refractivity contribution in [1.82, 2.24) is 0 Å². The molecule has 1 saturated carbocycles. The zero-order chi connectivity index (χ0) is 12.4. The maximum absolute atomic E-state index is 11.6. The van der Waals surface area contributed by atoms with Crippen molar-refractivity contribution >= 4 is 21.7 Å². The summed E-state index contributed by atoms with van der Waals surface area (Å²) in [6.07, 6.45) is 2.67. The fourth-order valence-corrected chi connectivity index (χ4v) is 2.94. The third-order valence-corrected chi connectivity index (χ3v) is 4.19. The van der Waals surface area contributed by atoms with E-state index in [2.05, 4.69) is 22.0 Å². The van der Waals surface area contributed by atoms with Crippen LogP contribution in [0.2, 0.25) is 0 Å². The Morgan fingerprint density at radius 3 is 2.82 bits per heavy atom. The van der Waals surface area contributed by atoms with Crippen LogP contribution in [0.25, 0.3) is 0 Å². The third kappa shape index (κ3) is 2.71. The quantitative estimate of drug-likeness (QED) is 0.852. The lowest BCUT2D eigenvalue weighted by molar-refractivity contribution is -0.120. The molecule has 2 atom stereocenters. The zero-order valence-corrected chi connectivity index (χ0v) is 11.8. The minimum absolute atomic E-state index is 0.193. The fraction of sp³-hybridized carbons (Fsp3) is 0.500. The summed E-state index contributed by atoms with van der Waals surface area (Å²) in [7, 11) is 1.69. The molecule has 2 unspecified atom stereocenters. The van der Waals surface area contributed by atoms with E-state index in [0.717, 1.165) is 29.5 Å². The molecule has 1 fully saturated rings. The molecule has 1 aliphatic rings. The monoisotopic (exact) mass is 296 g/mol. The molecule has 0 heterocycles. The molecule has 1 aromatic rings. The number of carbonyl (C=O) groups is 1. The molecule has 0 radical (unpaired) electrons. The number of carbonyl (C=O) groups excluding carboxylic acids is 1.